The van der Waals surface area contributed by atoms with Crippen LogP contribution >= 0.6 is 0 Å². The van der Waals surface area contributed by atoms with Gasteiger partial charge in [0.25, 0.3) is 5.91 Å². The minimum absolute atomic E-state index is 0.305. The molecule has 6 nitrogen and oxygen atoms in total. The van der Waals surface area contributed by atoms with Crippen LogP contribution in [-0.4, -0.2) is 24.6 Å². The molecule has 1 N–H and O–H groups in total. The first kappa shape index (κ1) is 21.0. The van der Waals surface area contributed by atoms with Gasteiger partial charge in [-0.25, -0.2) is 4.79 Å². The molecule has 2 atom stereocenters. The molecular weight excluding hydrogens is 356 g/mol. The monoisotopic (exact) mass is 380 g/mol. The van der Waals surface area contributed by atoms with Crippen LogP contribution in [0.25, 0.3) is 0 Å². The Bertz CT molecular complexity index is 856. The van der Waals surface area contributed by atoms with Crippen LogP contribution in [0.4, 0.5) is 5.69 Å². The number of carbonyl (C=O) groups excluding carboxylic acids is 2. The first-order valence-electron chi connectivity index (χ1n) is 9.16. The molecule has 2 aromatic rings. The van der Waals surface area contributed by atoms with Crippen LogP contribution in [0.5, 0.6) is 5.75 Å². The van der Waals surface area contributed by atoms with Crippen molar-refractivity contribution in [2.45, 2.75) is 39.2 Å². The Morgan fingerprint density at radius 2 is 1.79 bits per heavy atom. The van der Waals surface area contributed by atoms with Gasteiger partial charge >= 0.3 is 5.97 Å². The Labute approximate surface area is 165 Å². The first-order chi connectivity index (χ1) is 13.4. The SMILES string of the molecule is CC[C@H](C)c1ccccc1NC(=O)COC(=O)[C@@H](C)Oc1ccc(C#N)cc1. The van der Waals surface area contributed by atoms with Crippen molar-refractivity contribution >= 4 is 17.6 Å². The van der Waals surface area contributed by atoms with Gasteiger partial charge in [-0.15, -0.1) is 0 Å². The summed E-state index contributed by atoms with van der Waals surface area (Å²) in [5.74, 6) is -0.306. The lowest BCUT2D eigenvalue weighted by Crippen LogP contribution is -2.30. The Morgan fingerprint density at radius 1 is 1.11 bits per heavy atom. The standard InChI is InChI=1S/C22H24N2O4/c1-4-15(2)19-7-5-6-8-20(19)24-21(25)14-27-22(26)16(3)28-18-11-9-17(13-23)10-12-18/h5-12,15-16H,4,14H2,1-3H3,(H,24,25)/t15-,16+/m0/s1. The lowest BCUT2D eigenvalue weighted by Gasteiger charge is -2.16. The summed E-state index contributed by atoms with van der Waals surface area (Å²) in [4.78, 5) is 24.2. The average Bonchev–Trinajstić information content (AvgIpc) is 2.72. The third-order valence-corrected chi connectivity index (χ3v) is 4.35. The molecule has 0 saturated carbocycles. The van der Waals surface area contributed by atoms with E-state index in [1.165, 1.54) is 6.92 Å². The average molecular weight is 380 g/mol. The number of amides is 1. The van der Waals surface area contributed by atoms with Crippen LogP contribution in [0, 0.1) is 11.3 Å². The van der Waals surface area contributed by atoms with Gasteiger partial charge in [-0.3, -0.25) is 4.79 Å². The molecule has 0 radical (unpaired) electrons. The summed E-state index contributed by atoms with van der Waals surface area (Å²) >= 11 is 0. The van der Waals surface area contributed by atoms with Gasteiger partial charge in [0, 0.05) is 5.69 Å². The van der Waals surface area contributed by atoms with Gasteiger partial charge in [0.2, 0.25) is 0 Å². The predicted octanol–water partition coefficient (Wildman–Crippen LogP) is 4.02. The van der Waals surface area contributed by atoms with Crippen molar-refractivity contribution in [3.8, 4) is 11.8 Å². The largest absolute Gasteiger partial charge is 0.479 e. The highest BCUT2D eigenvalue weighted by atomic mass is 16.6. The third-order valence-electron chi connectivity index (χ3n) is 4.35. The van der Waals surface area contributed by atoms with Crippen LogP contribution in [0.15, 0.2) is 48.5 Å². The van der Waals surface area contributed by atoms with E-state index >= 15 is 0 Å². The van der Waals surface area contributed by atoms with Crippen LogP contribution in [0.2, 0.25) is 0 Å². The number of nitriles is 1. The van der Waals surface area contributed by atoms with E-state index in [-0.39, 0.29) is 0 Å². The van der Waals surface area contributed by atoms with Crippen molar-refractivity contribution in [3.63, 3.8) is 0 Å². The number of rotatable bonds is 8. The second-order valence-corrected chi connectivity index (χ2v) is 6.45. The maximum atomic E-state index is 12.2. The molecule has 0 fully saturated rings. The Balaban J connectivity index is 1.86. The number of anilines is 1. The molecule has 2 rings (SSSR count). The van der Waals surface area contributed by atoms with Crippen molar-refractivity contribution in [1.29, 1.82) is 5.26 Å². The number of benzene rings is 2. The van der Waals surface area contributed by atoms with Gasteiger partial charge in [0.15, 0.2) is 12.7 Å². The maximum Gasteiger partial charge on any atom is 0.347 e. The normalized spacial score (nSPS) is 12.4. The van der Waals surface area contributed by atoms with Gasteiger partial charge in [-0.2, -0.15) is 5.26 Å². The molecule has 0 aliphatic carbocycles. The molecule has 146 valence electrons. The zero-order valence-corrected chi connectivity index (χ0v) is 16.3. The fraction of sp³-hybridized carbons (Fsp3) is 0.318. The fourth-order valence-electron chi connectivity index (χ4n) is 2.56. The number of hydrogen-bond acceptors (Lipinski definition) is 5. The smallest absolute Gasteiger partial charge is 0.347 e. The van der Waals surface area contributed by atoms with E-state index in [4.69, 9.17) is 14.7 Å². The van der Waals surface area contributed by atoms with Crippen LogP contribution in [-0.2, 0) is 14.3 Å². The molecule has 0 unspecified atom stereocenters. The molecule has 1 amide bonds. The van der Waals surface area contributed by atoms with Crippen LogP contribution < -0.4 is 10.1 Å². The molecular formula is C22H24N2O4. The third kappa shape index (κ3) is 5.85. The van der Waals surface area contributed by atoms with Crippen molar-refractivity contribution in [2.24, 2.45) is 0 Å². The van der Waals surface area contributed by atoms with Crippen molar-refractivity contribution < 1.29 is 19.1 Å². The van der Waals surface area contributed by atoms with Gasteiger partial charge in [0.05, 0.1) is 11.6 Å². The highest BCUT2D eigenvalue weighted by molar-refractivity contribution is 5.93. The molecule has 2 aromatic carbocycles. The zero-order valence-electron chi connectivity index (χ0n) is 16.3. The summed E-state index contributed by atoms with van der Waals surface area (Å²) in [6.07, 6.45) is 0.0691. The van der Waals surface area contributed by atoms with E-state index in [0.717, 1.165) is 17.7 Å². The Hall–Kier alpha value is -3.33. The van der Waals surface area contributed by atoms with Gasteiger partial charge in [-0.05, 0) is 55.2 Å². The van der Waals surface area contributed by atoms with Gasteiger partial charge < -0.3 is 14.8 Å². The van der Waals surface area contributed by atoms with Crippen molar-refractivity contribution in [1.82, 2.24) is 0 Å². The topological polar surface area (TPSA) is 88.4 Å². The maximum absolute atomic E-state index is 12.2. The molecule has 6 heteroatoms. The minimum Gasteiger partial charge on any atom is -0.479 e. The number of nitrogens with zero attached hydrogens (tertiary/aromatic N) is 1. The quantitative estimate of drug-likeness (QED) is 0.699. The van der Waals surface area contributed by atoms with E-state index in [2.05, 4.69) is 19.2 Å². The number of ether oxygens (including phenoxy) is 2. The van der Waals surface area contributed by atoms with Crippen molar-refractivity contribution in [3.05, 3.63) is 59.7 Å². The molecule has 0 spiro atoms. The van der Waals surface area contributed by atoms with E-state index in [1.807, 2.05) is 30.3 Å². The molecule has 0 aliphatic heterocycles. The second-order valence-electron chi connectivity index (χ2n) is 6.45. The first-order valence-corrected chi connectivity index (χ1v) is 9.16. The van der Waals surface area contributed by atoms with Crippen molar-refractivity contribution in [2.75, 3.05) is 11.9 Å². The number of hydrogen-bond donors (Lipinski definition) is 1. The Morgan fingerprint density at radius 3 is 2.43 bits per heavy atom. The number of esters is 1. The lowest BCUT2D eigenvalue weighted by atomic mass is 9.97. The number of carbonyl (C=O) groups is 2. The van der Waals surface area contributed by atoms with E-state index in [0.29, 0.717) is 17.2 Å². The summed E-state index contributed by atoms with van der Waals surface area (Å²) in [7, 11) is 0. The van der Waals surface area contributed by atoms with Gasteiger partial charge in [0.1, 0.15) is 5.75 Å². The predicted molar refractivity (Wildman–Crippen MR) is 106 cm³/mol. The molecule has 28 heavy (non-hydrogen) atoms. The molecule has 0 saturated heterocycles. The van der Waals surface area contributed by atoms with Crippen LogP contribution in [0.1, 0.15) is 44.2 Å². The molecule has 0 aromatic heterocycles. The minimum atomic E-state index is -0.881. The Kier molecular flexibility index (Phi) is 7.58. The zero-order chi connectivity index (χ0) is 20.5. The fourth-order valence-corrected chi connectivity index (χ4v) is 2.56. The highest BCUT2D eigenvalue weighted by Gasteiger charge is 2.18. The van der Waals surface area contributed by atoms with E-state index in [9.17, 15) is 9.59 Å². The number of para-hydroxylation sites is 1. The van der Waals surface area contributed by atoms with Crippen LogP contribution in [0.3, 0.4) is 0 Å². The molecule has 0 heterocycles. The summed E-state index contributed by atoms with van der Waals surface area (Å²) in [6, 6.07) is 16.0. The summed E-state index contributed by atoms with van der Waals surface area (Å²) in [5, 5.41) is 11.6. The summed E-state index contributed by atoms with van der Waals surface area (Å²) in [6.45, 7) is 5.32. The second kappa shape index (κ2) is 10.1. The lowest BCUT2D eigenvalue weighted by molar-refractivity contribution is -0.153. The summed E-state index contributed by atoms with van der Waals surface area (Å²) < 4.78 is 10.5. The van der Waals surface area contributed by atoms with Gasteiger partial charge in [-0.1, -0.05) is 32.0 Å². The molecule has 0 bridgehead atoms. The summed E-state index contributed by atoms with van der Waals surface area (Å²) in [5.41, 5.74) is 2.26. The highest BCUT2D eigenvalue weighted by Crippen LogP contribution is 2.26. The number of nitrogens with one attached hydrogen (secondary N) is 1. The van der Waals surface area contributed by atoms with E-state index < -0.39 is 24.6 Å². The molecule has 0 aliphatic rings. The van der Waals surface area contributed by atoms with E-state index in [1.54, 1.807) is 24.3 Å².